The number of carbonyl (C=O) groups excluding carboxylic acids is 1. The third-order valence-corrected chi connectivity index (χ3v) is 3.50. The van der Waals surface area contributed by atoms with Crippen LogP contribution < -0.4 is 0 Å². The third kappa shape index (κ3) is 2.91. The van der Waals surface area contributed by atoms with Gasteiger partial charge in [0.25, 0.3) is 0 Å². The van der Waals surface area contributed by atoms with Gasteiger partial charge in [-0.1, -0.05) is 24.3 Å². The first-order chi connectivity index (χ1) is 8.35. The number of halogens is 1. The number of hydrogen-bond acceptors (Lipinski definition) is 2. The van der Waals surface area contributed by atoms with Gasteiger partial charge in [-0.25, -0.2) is 0 Å². The summed E-state index contributed by atoms with van der Waals surface area (Å²) in [5.74, 6) is 0.301. The molecule has 0 bridgehead atoms. The predicted octanol–water partition coefficient (Wildman–Crippen LogP) is 2.98. The van der Waals surface area contributed by atoms with Crippen LogP contribution in [0.15, 0.2) is 24.3 Å². The van der Waals surface area contributed by atoms with Crippen LogP contribution in [0.2, 0.25) is 0 Å². The van der Waals surface area contributed by atoms with E-state index >= 15 is 0 Å². The first-order valence-electron chi connectivity index (χ1n) is 6.04. The zero-order chi connectivity index (χ0) is 12.1. The molecule has 1 heterocycles. The fourth-order valence-electron chi connectivity index (χ4n) is 2.43. The van der Waals surface area contributed by atoms with Crippen molar-refractivity contribution in [2.45, 2.75) is 18.8 Å². The van der Waals surface area contributed by atoms with Gasteiger partial charge in [0, 0.05) is 24.7 Å². The molecule has 1 saturated heterocycles. The lowest BCUT2D eigenvalue weighted by Gasteiger charge is -2.28. The Bertz CT molecular complexity index is 355. The number of benzene rings is 1. The smallest absolute Gasteiger partial charge is 0.150 e. The summed E-state index contributed by atoms with van der Waals surface area (Å²) >= 11 is 0. The highest BCUT2D eigenvalue weighted by molar-refractivity contribution is 5.74. The van der Waals surface area contributed by atoms with Gasteiger partial charge in [0.2, 0.25) is 0 Å². The van der Waals surface area contributed by atoms with Gasteiger partial charge in [-0.3, -0.25) is 9.18 Å². The van der Waals surface area contributed by atoms with E-state index in [0.717, 1.165) is 37.9 Å². The van der Waals surface area contributed by atoms with Crippen molar-refractivity contribution in [2.24, 2.45) is 5.92 Å². The highest BCUT2D eigenvalue weighted by Crippen LogP contribution is 2.32. The second kappa shape index (κ2) is 5.92. The number of rotatable bonds is 4. The molecule has 17 heavy (non-hydrogen) atoms. The molecule has 2 rings (SSSR count). The molecule has 0 radical (unpaired) electrons. The molecule has 1 unspecified atom stereocenters. The molecule has 0 saturated carbocycles. The Labute approximate surface area is 101 Å². The second-order valence-corrected chi connectivity index (χ2v) is 4.50. The van der Waals surface area contributed by atoms with E-state index in [1.54, 1.807) is 12.1 Å². The minimum Gasteiger partial charge on any atom is -0.381 e. The standard InChI is InChI=1S/C14H17FO2/c15-9-14(13-5-7-17-8-6-13)12-3-1-11(10-16)2-4-12/h1-4,10,13-14H,5-9H2. The van der Waals surface area contributed by atoms with E-state index in [4.69, 9.17) is 4.74 Å². The Morgan fingerprint density at radius 1 is 1.29 bits per heavy atom. The average molecular weight is 236 g/mol. The van der Waals surface area contributed by atoms with Crippen molar-refractivity contribution in [3.05, 3.63) is 35.4 Å². The van der Waals surface area contributed by atoms with Crippen LogP contribution in [0.5, 0.6) is 0 Å². The van der Waals surface area contributed by atoms with Gasteiger partial charge < -0.3 is 4.74 Å². The van der Waals surface area contributed by atoms with E-state index in [1.807, 2.05) is 12.1 Å². The molecule has 3 heteroatoms. The van der Waals surface area contributed by atoms with Crippen molar-refractivity contribution in [1.82, 2.24) is 0 Å². The molecule has 1 aromatic rings. The van der Waals surface area contributed by atoms with Crippen molar-refractivity contribution < 1.29 is 13.9 Å². The molecule has 0 spiro atoms. The summed E-state index contributed by atoms with van der Waals surface area (Å²) in [6.45, 7) is 1.12. The summed E-state index contributed by atoms with van der Waals surface area (Å²) in [5, 5.41) is 0. The average Bonchev–Trinajstić information content (AvgIpc) is 2.42. The lowest BCUT2D eigenvalue weighted by Crippen LogP contribution is -2.23. The van der Waals surface area contributed by atoms with Crippen LogP contribution in [-0.2, 0) is 4.74 Å². The molecule has 0 N–H and O–H groups in total. The first kappa shape index (κ1) is 12.2. The fraction of sp³-hybridized carbons (Fsp3) is 0.500. The Balaban J connectivity index is 2.12. The zero-order valence-electron chi connectivity index (χ0n) is 9.77. The maximum atomic E-state index is 13.2. The molecule has 1 fully saturated rings. The van der Waals surface area contributed by atoms with Crippen molar-refractivity contribution in [1.29, 1.82) is 0 Å². The summed E-state index contributed by atoms with van der Waals surface area (Å²) in [4.78, 5) is 10.6. The SMILES string of the molecule is O=Cc1ccc(C(CF)C2CCOCC2)cc1. The summed E-state index contributed by atoms with van der Waals surface area (Å²) in [5.41, 5.74) is 1.63. The van der Waals surface area contributed by atoms with E-state index < -0.39 is 0 Å². The Morgan fingerprint density at radius 3 is 2.47 bits per heavy atom. The van der Waals surface area contributed by atoms with E-state index in [-0.39, 0.29) is 12.6 Å². The highest BCUT2D eigenvalue weighted by atomic mass is 19.1. The molecule has 1 aromatic carbocycles. The van der Waals surface area contributed by atoms with E-state index in [9.17, 15) is 9.18 Å². The first-order valence-corrected chi connectivity index (χ1v) is 6.04. The minimum absolute atomic E-state index is 0.0559. The van der Waals surface area contributed by atoms with Crippen LogP contribution in [0.25, 0.3) is 0 Å². The van der Waals surface area contributed by atoms with Gasteiger partial charge >= 0.3 is 0 Å². The second-order valence-electron chi connectivity index (χ2n) is 4.50. The number of alkyl halides is 1. The van der Waals surface area contributed by atoms with Gasteiger partial charge in [-0.05, 0) is 24.3 Å². The van der Waals surface area contributed by atoms with Crippen LogP contribution in [0.4, 0.5) is 4.39 Å². The Hall–Kier alpha value is -1.22. The van der Waals surface area contributed by atoms with Crippen molar-refractivity contribution in [3.8, 4) is 0 Å². The van der Waals surface area contributed by atoms with Gasteiger partial charge in [0.1, 0.15) is 6.29 Å². The molecular formula is C14H17FO2. The number of carbonyl (C=O) groups is 1. The predicted molar refractivity (Wildman–Crippen MR) is 64.1 cm³/mol. The van der Waals surface area contributed by atoms with Crippen molar-refractivity contribution >= 4 is 6.29 Å². The summed E-state index contributed by atoms with van der Waals surface area (Å²) in [6.07, 6.45) is 2.65. The number of aldehydes is 1. The van der Waals surface area contributed by atoms with Crippen LogP contribution in [0, 0.1) is 5.92 Å². The molecule has 1 aliphatic rings. The molecule has 92 valence electrons. The molecule has 1 atom stereocenters. The lowest BCUT2D eigenvalue weighted by atomic mass is 9.82. The van der Waals surface area contributed by atoms with Crippen LogP contribution in [0.1, 0.15) is 34.7 Å². The largest absolute Gasteiger partial charge is 0.381 e. The van der Waals surface area contributed by atoms with Gasteiger partial charge in [-0.2, -0.15) is 0 Å². The highest BCUT2D eigenvalue weighted by Gasteiger charge is 2.25. The Morgan fingerprint density at radius 2 is 1.94 bits per heavy atom. The zero-order valence-corrected chi connectivity index (χ0v) is 9.77. The van der Waals surface area contributed by atoms with Crippen LogP contribution >= 0.6 is 0 Å². The van der Waals surface area contributed by atoms with Gasteiger partial charge in [0.05, 0.1) is 6.67 Å². The van der Waals surface area contributed by atoms with E-state index in [0.29, 0.717) is 11.5 Å². The van der Waals surface area contributed by atoms with Crippen molar-refractivity contribution in [3.63, 3.8) is 0 Å². The molecular weight excluding hydrogens is 219 g/mol. The molecule has 0 aromatic heterocycles. The molecule has 2 nitrogen and oxygen atoms in total. The normalized spacial score (nSPS) is 18.9. The third-order valence-electron chi connectivity index (χ3n) is 3.50. The monoisotopic (exact) mass is 236 g/mol. The topological polar surface area (TPSA) is 26.3 Å². The summed E-state index contributed by atoms with van der Waals surface area (Å²) in [6, 6.07) is 7.24. The Kier molecular flexibility index (Phi) is 4.26. The van der Waals surface area contributed by atoms with E-state index in [2.05, 4.69) is 0 Å². The minimum atomic E-state index is -0.342. The van der Waals surface area contributed by atoms with Crippen molar-refractivity contribution in [2.75, 3.05) is 19.9 Å². The number of hydrogen-bond donors (Lipinski definition) is 0. The van der Waals surface area contributed by atoms with E-state index in [1.165, 1.54) is 0 Å². The maximum absolute atomic E-state index is 13.2. The molecule has 0 amide bonds. The maximum Gasteiger partial charge on any atom is 0.150 e. The summed E-state index contributed by atoms with van der Waals surface area (Å²) < 4.78 is 18.5. The van der Waals surface area contributed by atoms with Gasteiger partial charge in [0.15, 0.2) is 0 Å². The lowest BCUT2D eigenvalue weighted by molar-refractivity contribution is 0.0547. The fourth-order valence-corrected chi connectivity index (χ4v) is 2.43. The number of ether oxygens (including phenoxy) is 1. The molecule has 1 aliphatic heterocycles. The van der Waals surface area contributed by atoms with Crippen LogP contribution in [0.3, 0.4) is 0 Å². The van der Waals surface area contributed by atoms with Gasteiger partial charge in [-0.15, -0.1) is 0 Å². The van der Waals surface area contributed by atoms with Crippen LogP contribution in [-0.4, -0.2) is 26.2 Å². The quantitative estimate of drug-likeness (QED) is 0.751. The summed E-state index contributed by atoms with van der Waals surface area (Å²) in [7, 11) is 0. The molecule has 0 aliphatic carbocycles.